The van der Waals surface area contributed by atoms with Gasteiger partial charge < -0.3 is 14.3 Å². The van der Waals surface area contributed by atoms with Crippen LogP contribution >= 0.6 is 0 Å². The van der Waals surface area contributed by atoms with Crippen molar-refractivity contribution < 1.29 is 19.1 Å². The maximum absolute atomic E-state index is 11.1. The van der Waals surface area contributed by atoms with Crippen LogP contribution in [0.2, 0.25) is 0 Å². The zero-order chi connectivity index (χ0) is 23.8. The number of aryl methyl sites for hydroxylation is 3. The molecule has 1 atom stereocenters. The number of benzene rings is 2. The lowest BCUT2D eigenvalue weighted by Gasteiger charge is -2.24. The van der Waals surface area contributed by atoms with Crippen LogP contribution in [0.15, 0.2) is 40.8 Å². The minimum Gasteiger partial charge on any atom is -0.493 e. The largest absolute Gasteiger partial charge is 0.493 e. The van der Waals surface area contributed by atoms with Gasteiger partial charge in [0.25, 0.3) is 0 Å². The van der Waals surface area contributed by atoms with E-state index in [4.69, 9.17) is 19.2 Å². The maximum atomic E-state index is 11.1. The molecule has 1 aromatic heterocycles. The van der Waals surface area contributed by atoms with E-state index in [2.05, 4.69) is 52.3 Å². The predicted octanol–water partition coefficient (Wildman–Crippen LogP) is 5.28. The summed E-state index contributed by atoms with van der Waals surface area (Å²) in [7, 11) is 6.45. The zero-order valence-corrected chi connectivity index (χ0v) is 20.1. The van der Waals surface area contributed by atoms with Crippen molar-refractivity contribution in [1.29, 1.82) is 0 Å². The smallest absolute Gasteiger partial charge is 0.303 e. The van der Waals surface area contributed by atoms with E-state index in [0.717, 1.165) is 51.2 Å². The molecule has 0 spiro atoms. The molecule has 33 heavy (non-hydrogen) atoms. The minimum atomic E-state index is -0.741. The highest BCUT2D eigenvalue weighted by Gasteiger charge is 2.25. The van der Waals surface area contributed by atoms with Gasteiger partial charge in [-0.3, -0.25) is 9.28 Å². The molecule has 6 nitrogen and oxygen atoms in total. The molecule has 0 radical (unpaired) electrons. The number of rotatable bonds is 8. The number of fused-ring (bicyclic) bond motifs is 1. The monoisotopic (exact) mass is 449 g/mol. The lowest BCUT2D eigenvalue weighted by Crippen LogP contribution is -2.34. The Labute approximate surface area is 195 Å². The van der Waals surface area contributed by atoms with Gasteiger partial charge in [0.1, 0.15) is 17.2 Å². The second-order valence-corrected chi connectivity index (χ2v) is 9.83. The van der Waals surface area contributed by atoms with E-state index in [-0.39, 0.29) is 12.3 Å². The first-order valence-electron chi connectivity index (χ1n) is 11.5. The quantitative estimate of drug-likeness (QED) is 0.474. The number of carbonyl (C=O) groups is 1. The average molecular weight is 450 g/mol. The van der Waals surface area contributed by atoms with Gasteiger partial charge in [-0.05, 0) is 73.6 Å². The summed E-state index contributed by atoms with van der Waals surface area (Å²) < 4.78 is 12.8. The highest BCUT2D eigenvalue weighted by atomic mass is 16.5. The van der Waals surface area contributed by atoms with Crippen LogP contribution in [0.4, 0.5) is 5.69 Å². The normalized spacial score (nSPS) is 15.5. The molecule has 1 heterocycles. The molecule has 2 aromatic carbocycles. The van der Waals surface area contributed by atoms with Crippen molar-refractivity contribution in [2.24, 2.45) is 0 Å². The van der Waals surface area contributed by atoms with Crippen LogP contribution in [0, 0.1) is 13.8 Å². The van der Waals surface area contributed by atoms with Crippen LogP contribution in [-0.2, 0) is 17.6 Å². The minimum absolute atomic E-state index is 0.114. The second kappa shape index (κ2) is 9.02. The molecular formula is C27H33N2O4+. The van der Waals surface area contributed by atoms with Gasteiger partial charge in [0.2, 0.25) is 5.89 Å². The number of oxazole rings is 1. The zero-order valence-electron chi connectivity index (χ0n) is 20.1. The number of aromatic nitrogens is 1. The highest BCUT2D eigenvalue weighted by Crippen LogP contribution is 2.37. The van der Waals surface area contributed by atoms with E-state index < -0.39 is 5.97 Å². The fraction of sp³-hybridized carbons (Fsp3) is 0.407. The molecule has 0 fully saturated rings. The van der Waals surface area contributed by atoms with E-state index >= 15 is 0 Å². The van der Waals surface area contributed by atoms with Crippen molar-refractivity contribution in [3.8, 4) is 17.2 Å². The summed E-state index contributed by atoms with van der Waals surface area (Å²) in [6.45, 7) is 4.54. The number of carboxylic acid groups (broad SMARTS) is 1. The summed E-state index contributed by atoms with van der Waals surface area (Å²) >= 11 is 0. The number of aliphatic carboxylic acids is 1. The Bertz CT molecular complexity index is 1170. The summed E-state index contributed by atoms with van der Waals surface area (Å²) in [5.41, 5.74) is 6.64. The molecule has 6 heteroatoms. The van der Waals surface area contributed by atoms with Gasteiger partial charge in [-0.2, -0.15) is 0 Å². The fourth-order valence-corrected chi connectivity index (χ4v) is 4.54. The maximum Gasteiger partial charge on any atom is 0.303 e. The molecule has 1 N–H and O–H groups in total. The summed E-state index contributed by atoms with van der Waals surface area (Å²) in [6.07, 6.45) is 2.65. The van der Waals surface area contributed by atoms with Gasteiger partial charge in [0.05, 0.1) is 39.9 Å². The fourth-order valence-electron chi connectivity index (χ4n) is 4.54. The molecule has 0 unspecified atom stereocenters. The van der Waals surface area contributed by atoms with E-state index in [1.165, 1.54) is 11.3 Å². The van der Waals surface area contributed by atoms with E-state index in [1.54, 1.807) is 0 Å². The van der Waals surface area contributed by atoms with Crippen LogP contribution in [-0.4, -0.2) is 43.8 Å². The van der Waals surface area contributed by atoms with Crippen LogP contribution < -0.4 is 9.22 Å². The van der Waals surface area contributed by atoms with Gasteiger partial charge in [0, 0.05) is 18.1 Å². The molecule has 0 amide bonds. The van der Waals surface area contributed by atoms with Crippen molar-refractivity contribution in [2.45, 2.75) is 45.4 Å². The van der Waals surface area contributed by atoms with Gasteiger partial charge in [-0.1, -0.05) is 6.07 Å². The number of nitrogens with zero attached hydrogens (tertiary/aromatic N) is 2. The van der Waals surface area contributed by atoms with Crippen molar-refractivity contribution in [1.82, 2.24) is 9.47 Å². The molecule has 1 aliphatic rings. The van der Waals surface area contributed by atoms with E-state index in [9.17, 15) is 4.79 Å². The van der Waals surface area contributed by atoms with Gasteiger partial charge in [0.15, 0.2) is 0 Å². The van der Waals surface area contributed by atoms with Gasteiger partial charge in [-0.25, -0.2) is 4.98 Å². The Morgan fingerprint density at radius 2 is 1.97 bits per heavy atom. The summed E-state index contributed by atoms with van der Waals surface area (Å²) in [6, 6.07) is 12.4. The Morgan fingerprint density at radius 1 is 1.18 bits per heavy atom. The Morgan fingerprint density at radius 3 is 2.67 bits per heavy atom. The number of ether oxygens (including phenoxy) is 1. The molecule has 0 aliphatic heterocycles. The van der Waals surface area contributed by atoms with Crippen LogP contribution in [0.25, 0.3) is 11.5 Å². The van der Waals surface area contributed by atoms with E-state index in [1.807, 2.05) is 19.1 Å². The van der Waals surface area contributed by atoms with Gasteiger partial charge in [-0.15, -0.1) is 0 Å². The first kappa shape index (κ1) is 23.1. The second-order valence-electron chi connectivity index (χ2n) is 9.83. The Kier molecular flexibility index (Phi) is 6.30. The summed E-state index contributed by atoms with van der Waals surface area (Å²) in [4.78, 5) is 15.8. The Balaban J connectivity index is 1.40. The first-order valence-corrected chi connectivity index (χ1v) is 11.5. The third kappa shape index (κ3) is 5.11. The molecular weight excluding hydrogens is 416 g/mol. The van der Waals surface area contributed by atoms with Crippen LogP contribution in [0.5, 0.6) is 5.75 Å². The topological polar surface area (TPSA) is 72.6 Å². The Hall–Kier alpha value is -3.12. The third-order valence-corrected chi connectivity index (χ3v) is 6.45. The number of hydrogen-bond donors (Lipinski definition) is 1. The molecule has 174 valence electrons. The standard InChI is InChI=1S/C27H32N2O4/c1-17-14-21(29(3,4)5)8-10-23(17)27-28-25(18(2)33-27)12-13-32-22-9-11-24-19(15-22)6-7-20(24)16-26(30)31/h8-11,14-15,20H,6-7,12-13,16H2,1-5H3/p+1/t20-/m0/s1. The van der Waals surface area contributed by atoms with E-state index in [0.29, 0.717) is 18.9 Å². The molecule has 0 saturated carbocycles. The van der Waals surface area contributed by atoms with Crippen molar-refractivity contribution in [3.63, 3.8) is 0 Å². The molecule has 4 rings (SSSR count). The van der Waals surface area contributed by atoms with Crippen molar-refractivity contribution in [2.75, 3.05) is 27.7 Å². The average Bonchev–Trinajstić information content (AvgIpc) is 3.30. The van der Waals surface area contributed by atoms with Crippen molar-refractivity contribution >= 4 is 11.7 Å². The molecule has 3 aromatic rings. The van der Waals surface area contributed by atoms with Gasteiger partial charge >= 0.3 is 5.97 Å². The number of hydrogen-bond acceptors (Lipinski definition) is 4. The lowest BCUT2D eigenvalue weighted by molar-refractivity contribution is -0.137. The lowest BCUT2D eigenvalue weighted by atomic mass is 9.98. The highest BCUT2D eigenvalue weighted by molar-refractivity contribution is 5.68. The summed E-state index contributed by atoms with van der Waals surface area (Å²) in [5.74, 6) is 1.65. The first-order chi connectivity index (χ1) is 15.6. The van der Waals surface area contributed by atoms with Crippen LogP contribution in [0.1, 0.15) is 46.9 Å². The number of carboxylic acids is 1. The number of quaternary nitrogens is 1. The summed E-state index contributed by atoms with van der Waals surface area (Å²) in [5, 5.41) is 9.10. The molecule has 0 saturated heterocycles. The van der Waals surface area contributed by atoms with Crippen molar-refractivity contribution in [3.05, 3.63) is 64.5 Å². The van der Waals surface area contributed by atoms with Crippen LogP contribution in [0.3, 0.4) is 0 Å². The predicted molar refractivity (Wildman–Crippen MR) is 130 cm³/mol. The molecule has 1 aliphatic carbocycles. The SMILES string of the molecule is Cc1cc([N+](C)(C)C)ccc1-c1nc(CCOc2ccc3c(c2)CC[C@H]3CC(=O)O)c(C)o1. The third-order valence-electron chi connectivity index (χ3n) is 6.45. The molecule has 0 bridgehead atoms.